The Bertz CT molecular complexity index is 1020. The van der Waals surface area contributed by atoms with E-state index < -0.39 is 12.1 Å². The summed E-state index contributed by atoms with van der Waals surface area (Å²) >= 11 is 0. The number of rotatable bonds is 9. The minimum absolute atomic E-state index is 0.00672. The Hall–Kier alpha value is -3.35. The van der Waals surface area contributed by atoms with Crippen molar-refractivity contribution in [2.24, 2.45) is 11.8 Å². The molecular weight excluding hydrogens is 444 g/mol. The molecule has 0 unspecified atom stereocenters. The fraction of sp³-hybridized carbons (Fsp3) is 0.464. The van der Waals surface area contributed by atoms with Crippen LogP contribution in [-0.2, 0) is 14.3 Å². The van der Waals surface area contributed by atoms with Gasteiger partial charge in [-0.05, 0) is 60.3 Å². The lowest BCUT2D eigenvalue weighted by Crippen LogP contribution is -2.40. The second-order valence-corrected chi connectivity index (χ2v) is 9.64. The molecule has 35 heavy (non-hydrogen) atoms. The number of ether oxygens (including phenoxy) is 1. The molecule has 2 aromatic carbocycles. The zero-order valence-corrected chi connectivity index (χ0v) is 20.2. The quantitative estimate of drug-likeness (QED) is 0.485. The first-order valence-electron chi connectivity index (χ1n) is 12.6. The Kier molecular flexibility index (Phi) is 8.06. The van der Waals surface area contributed by atoms with E-state index in [1.54, 1.807) is 0 Å². The van der Waals surface area contributed by atoms with Crippen molar-refractivity contribution in [2.75, 3.05) is 13.2 Å². The molecule has 0 saturated heterocycles. The molecule has 0 aromatic heterocycles. The summed E-state index contributed by atoms with van der Waals surface area (Å²) in [5.41, 5.74) is 4.67. The molecule has 7 heteroatoms. The van der Waals surface area contributed by atoms with Crippen LogP contribution in [0.4, 0.5) is 4.79 Å². The summed E-state index contributed by atoms with van der Waals surface area (Å²) in [6.45, 7) is 2.71. The monoisotopic (exact) mass is 478 g/mol. The second-order valence-electron chi connectivity index (χ2n) is 9.64. The van der Waals surface area contributed by atoms with E-state index in [9.17, 15) is 14.4 Å². The smallest absolute Gasteiger partial charge is 0.407 e. The first-order chi connectivity index (χ1) is 17.0. The van der Waals surface area contributed by atoms with Crippen molar-refractivity contribution in [3.8, 4) is 11.1 Å². The first-order valence-corrected chi connectivity index (χ1v) is 12.6. The number of carboxylic acid groups (broad SMARTS) is 1. The van der Waals surface area contributed by atoms with Gasteiger partial charge in [0.1, 0.15) is 6.61 Å². The molecule has 2 amide bonds. The van der Waals surface area contributed by atoms with Gasteiger partial charge in [0.2, 0.25) is 5.91 Å². The van der Waals surface area contributed by atoms with Crippen molar-refractivity contribution in [3.63, 3.8) is 0 Å². The molecule has 2 aromatic rings. The number of alkyl carbamates (subject to hydrolysis) is 1. The van der Waals surface area contributed by atoms with Crippen LogP contribution in [0.15, 0.2) is 48.5 Å². The molecule has 0 aliphatic heterocycles. The van der Waals surface area contributed by atoms with Crippen molar-refractivity contribution in [2.45, 2.75) is 57.4 Å². The third-order valence-electron chi connectivity index (χ3n) is 7.37. The molecule has 2 aliphatic carbocycles. The van der Waals surface area contributed by atoms with Gasteiger partial charge < -0.3 is 20.5 Å². The number of fused-ring (bicyclic) bond motifs is 3. The Morgan fingerprint density at radius 1 is 0.971 bits per heavy atom. The molecule has 0 spiro atoms. The van der Waals surface area contributed by atoms with Crippen LogP contribution in [0.5, 0.6) is 0 Å². The molecule has 0 bridgehead atoms. The Balaban J connectivity index is 1.23. The van der Waals surface area contributed by atoms with E-state index in [0.29, 0.717) is 31.7 Å². The van der Waals surface area contributed by atoms with E-state index in [2.05, 4.69) is 34.9 Å². The van der Waals surface area contributed by atoms with Crippen LogP contribution in [0, 0.1) is 11.8 Å². The lowest BCUT2D eigenvalue weighted by Gasteiger charge is -2.26. The normalized spacial score (nSPS) is 19.8. The predicted molar refractivity (Wildman–Crippen MR) is 133 cm³/mol. The molecule has 7 nitrogen and oxygen atoms in total. The molecule has 4 rings (SSSR count). The lowest BCUT2D eigenvalue weighted by atomic mass is 9.82. The second kappa shape index (κ2) is 11.4. The topological polar surface area (TPSA) is 105 Å². The third-order valence-corrected chi connectivity index (χ3v) is 7.37. The molecule has 3 N–H and O–H groups in total. The summed E-state index contributed by atoms with van der Waals surface area (Å²) in [5.74, 6) is -0.793. The van der Waals surface area contributed by atoms with Crippen LogP contribution in [0.1, 0.15) is 62.5 Å². The summed E-state index contributed by atoms with van der Waals surface area (Å²) < 4.78 is 5.61. The van der Waals surface area contributed by atoms with Gasteiger partial charge in [0.25, 0.3) is 0 Å². The highest BCUT2D eigenvalue weighted by Gasteiger charge is 2.29. The molecule has 1 saturated carbocycles. The fourth-order valence-electron chi connectivity index (χ4n) is 5.27. The molecule has 0 radical (unpaired) electrons. The molecule has 2 aliphatic rings. The van der Waals surface area contributed by atoms with E-state index in [1.165, 1.54) is 11.1 Å². The van der Waals surface area contributed by atoms with Crippen molar-refractivity contribution in [1.82, 2.24) is 10.6 Å². The van der Waals surface area contributed by atoms with Gasteiger partial charge in [0, 0.05) is 24.9 Å². The summed E-state index contributed by atoms with van der Waals surface area (Å²) in [7, 11) is 0. The number of benzene rings is 2. The highest BCUT2D eigenvalue weighted by Crippen LogP contribution is 2.44. The van der Waals surface area contributed by atoms with Gasteiger partial charge in [-0.1, -0.05) is 55.5 Å². The van der Waals surface area contributed by atoms with E-state index >= 15 is 0 Å². The van der Waals surface area contributed by atoms with E-state index in [-0.39, 0.29) is 36.8 Å². The highest BCUT2D eigenvalue weighted by molar-refractivity contribution is 5.79. The van der Waals surface area contributed by atoms with Gasteiger partial charge >= 0.3 is 12.1 Å². The van der Waals surface area contributed by atoms with Gasteiger partial charge in [-0.25, -0.2) is 4.79 Å². The summed E-state index contributed by atoms with van der Waals surface area (Å²) in [4.78, 5) is 36.1. The maximum atomic E-state index is 12.6. The number of carbonyl (C=O) groups excluding carboxylic acids is 2. The van der Waals surface area contributed by atoms with E-state index in [1.807, 2.05) is 31.2 Å². The number of carboxylic acids is 1. The van der Waals surface area contributed by atoms with E-state index in [0.717, 1.165) is 24.0 Å². The lowest BCUT2D eigenvalue weighted by molar-refractivity contribution is -0.143. The first kappa shape index (κ1) is 24.8. The van der Waals surface area contributed by atoms with Crippen molar-refractivity contribution >= 4 is 18.0 Å². The van der Waals surface area contributed by atoms with Gasteiger partial charge in [0.15, 0.2) is 0 Å². The minimum Gasteiger partial charge on any atom is -0.481 e. The Morgan fingerprint density at radius 2 is 1.57 bits per heavy atom. The van der Waals surface area contributed by atoms with Crippen LogP contribution in [0.3, 0.4) is 0 Å². The van der Waals surface area contributed by atoms with Gasteiger partial charge in [-0.3, -0.25) is 9.59 Å². The largest absolute Gasteiger partial charge is 0.481 e. The fourth-order valence-corrected chi connectivity index (χ4v) is 5.27. The average Bonchev–Trinajstić information content (AvgIpc) is 3.19. The van der Waals surface area contributed by atoms with Crippen LogP contribution < -0.4 is 10.6 Å². The van der Waals surface area contributed by atoms with Crippen molar-refractivity contribution < 1.29 is 24.2 Å². The maximum absolute atomic E-state index is 12.6. The summed E-state index contributed by atoms with van der Waals surface area (Å²) in [5, 5.41) is 14.9. The predicted octanol–water partition coefficient (Wildman–Crippen LogP) is 4.70. The Labute approximate surface area is 206 Å². The van der Waals surface area contributed by atoms with Crippen LogP contribution in [0.25, 0.3) is 11.1 Å². The van der Waals surface area contributed by atoms with Gasteiger partial charge in [-0.15, -0.1) is 0 Å². The average molecular weight is 479 g/mol. The molecule has 1 atom stereocenters. The van der Waals surface area contributed by atoms with Crippen LogP contribution in [0.2, 0.25) is 0 Å². The van der Waals surface area contributed by atoms with Crippen LogP contribution >= 0.6 is 0 Å². The number of amides is 2. The highest BCUT2D eigenvalue weighted by atomic mass is 16.5. The van der Waals surface area contributed by atoms with Crippen molar-refractivity contribution in [3.05, 3.63) is 59.7 Å². The molecular formula is C28H34N2O5. The Morgan fingerprint density at radius 3 is 2.14 bits per heavy atom. The molecule has 0 heterocycles. The summed E-state index contributed by atoms with van der Waals surface area (Å²) in [6, 6.07) is 16.1. The number of aliphatic carboxylic acids is 1. The molecule has 186 valence electrons. The van der Waals surface area contributed by atoms with E-state index in [4.69, 9.17) is 9.84 Å². The number of carbonyl (C=O) groups is 3. The number of nitrogens with one attached hydrogen (secondary N) is 2. The van der Waals surface area contributed by atoms with Gasteiger partial charge in [0.05, 0.1) is 5.92 Å². The van der Waals surface area contributed by atoms with Gasteiger partial charge in [-0.2, -0.15) is 0 Å². The van der Waals surface area contributed by atoms with Crippen LogP contribution in [-0.4, -0.2) is 42.3 Å². The SMILES string of the molecule is CC[C@@H](CC(=O)NCC1CCC(C(=O)O)CC1)NC(=O)OCC1c2ccccc2-c2ccccc21. The maximum Gasteiger partial charge on any atom is 0.407 e. The number of hydrogen-bond donors (Lipinski definition) is 3. The third kappa shape index (κ3) is 6.02. The summed E-state index contributed by atoms with van der Waals surface area (Å²) in [6.07, 6.45) is 3.23. The zero-order chi connectivity index (χ0) is 24.8. The standard InChI is InChI=1S/C28H34N2O5/c1-2-20(15-26(31)29-16-18-11-13-19(14-12-18)27(32)33)30-28(34)35-17-25-23-9-5-3-7-21(23)22-8-4-6-10-24(22)25/h3-10,18-20,25H,2,11-17H2,1H3,(H,29,31)(H,30,34)(H,32,33)/t18?,19?,20-/m0/s1. The number of hydrogen-bond acceptors (Lipinski definition) is 4. The minimum atomic E-state index is -0.724. The zero-order valence-electron chi connectivity index (χ0n) is 20.2. The molecule has 1 fully saturated rings. The van der Waals surface area contributed by atoms with Crippen molar-refractivity contribution in [1.29, 1.82) is 0 Å².